The van der Waals surface area contributed by atoms with E-state index in [1.165, 1.54) is 7.11 Å². The second-order valence-electron chi connectivity index (χ2n) is 4.15. The van der Waals surface area contributed by atoms with Crippen LogP contribution in [0.15, 0.2) is 24.3 Å². The lowest BCUT2D eigenvalue weighted by molar-refractivity contribution is 0.405. The number of hydrogen-bond donors (Lipinski definition) is 0. The van der Waals surface area contributed by atoms with Crippen molar-refractivity contribution >= 4 is 15.9 Å². The third-order valence-corrected chi connectivity index (χ3v) is 3.75. The summed E-state index contributed by atoms with van der Waals surface area (Å²) in [6.45, 7) is 0. The summed E-state index contributed by atoms with van der Waals surface area (Å²) in [4.78, 5) is -1.45. The van der Waals surface area contributed by atoms with E-state index in [4.69, 9.17) is 0 Å². The van der Waals surface area contributed by atoms with E-state index in [1.54, 1.807) is 0 Å². The van der Waals surface area contributed by atoms with Crippen LogP contribution in [0.25, 0.3) is 0 Å². The van der Waals surface area contributed by atoms with Gasteiger partial charge in [0.25, 0.3) is 0 Å². The maximum Gasteiger partial charge on any atom is 0.134 e. The summed E-state index contributed by atoms with van der Waals surface area (Å²) in [5, 5.41) is 0. The van der Waals surface area contributed by atoms with Gasteiger partial charge < -0.3 is 4.74 Å². The Morgan fingerprint density at radius 1 is 0.810 bits per heavy atom. The Morgan fingerprint density at radius 2 is 1.19 bits per heavy atom. The molecule has 112 valence electrons. The molecule has 0 aromatic heterocycles. The molecule has 0 amide bonds. The van der Waals surface area contributed by atoms with Crippen molar-refractivity contribution in [1.29, 1.82) is 0 Å². The van der Waals surface area contributed by atoms with Crippen LogP contribution in [-0.2, 0) is 0 Å². The van der Waals surface area contributed by atoms with Gasteiger partial charge in [-0.3, -0.25) is 0 Å². The molecule has 0 spiro atoms. The summed E-state index contributed by atoms with van der Waals surface area (Å²) in [5.41, 5.74) is -1.28. The molecule has 0 N–H and O–H groups in total. The summed E-state index contributed by atoms with van der Waals surface area (Å²) >= 11 is 2.85. The quantitative estimate of drug-likeness (QED) is 0.555. The van der Waals surface area contributed by atoms with Crippen molar-refractivity contribution in [3.05, 3.63) is 64.5 Å². The number of alkyl halides is 1. The maximum atomic E-state index is 13.9. The Labute approximate surface area is 125 Å². The lowest BCUT2D eigenvalue weighted by atomic mass is 10.0. The molecule has 0 saturated carbocycles. The largest absolute Gasteiger partial charge is 0.497 e. The van der Waals surface area contributed by atoms with E-state index in [0.29, 0.717) is 12.1 Å². The zero-order valence-electron chi connectivity index (χ0n) is 10.6. The van der Waals surface area contributed by atoms with E-state index < -0.39 is 45.0 Å². The minimum absolute atomic E-state index is 0.0755. The highest BCUT2D eigenvalue weighted by molar-refractivity contribution is 9.09. The standard InChI is InChI=1S/C14H8BrF5O/c1-21-7-4-10(19)13(11(20)5-7)14(15)12-8(17)2-6(16)3-9(12)18/h2-5,14H,1H3. The van der Waals surface area contributed by atoms with Crippen molar-refractivity contribution in [2.75, 3.05) is 7.11 Å². The predicted octanol–water partition coefficient (Wildman–Crippen LogP) is 4.88. The lowest BCUT2D eigenvalue weighted by Gasteiger charge is -2.15. The van der Waals surface area contributed by atoms with Crippen LogP contribution in [0.3, 0.4) is 0 Å². The van der Waals surface area contributed by atoms with Crippen molar-refractivity contribution in [3.8, 4) is 5.75 Å². The highest BCUT2D eigenvalue weighted by Crippen LogP contribution is 2.38. The molecule has 7 heteroatoms. The normalized spacial score (nSPS) is 12.3. The number of methoxy groups -OCH3 is 1. The van der Waals surface area contributed by atoms with E-state index in [1.807, 2.05) is 0 Å². The fraction of sp³-hybridized carbons (Fsp3) is 0.143. The van der Waals surface area contributed by atoms with Gasteiger partial charge in [0.15, 0.2) is 0 Å². The lowest BCUT2D eigenvalue weighted by Crippen LogP contribution is -2.06. The first-order valence-electron chi connectivity index (χ1n) is 5.66. The molecular formula is C14H8BrF5O. The van der Waals surface area contributed by atoms with Crippen LogP contribution in [0.5, 0.6) is 5.75 Å². The number of benzene rings is 2. The number of ether oxygens (including phenoxy) is 1. The van der Waals surface area contributed by atoms with Gasteiger partial charge in [-0.2, -0.15) is 0 Å². The minimum atomic E-state index is -1.45. The summed E-state index contributed by atoms with van der Waals surface area (Å²) in [5.74, 6) is -5.78. The maximum absolute atomic E-state index is 13.9. The van der Waals surface area contributed by atoms with Crippen molar-refractivity contribution in [1.82, 2.24) is 0 Å². The van der Waals surface area contributed by atoms with Crippen LogP contribution < -0.4 is 4.74 Å². The molecule has 0 bridgehead atoms. The zero-order valence-corrected chi connectivity index (χ0v) is 12.1. The van der Waals surface area contributed by atoms with Gasteiger partial charge in [0.2, 0.25) is 0 Å². The topological polar surface area (TPSA) is 9.23 Å². The van der Waals surface area contributed by atoms with Crippen molar-refractivity contribution < 1.29 is 26.7 Å². The van der Waals surface area contributed by atoms with Crippen LogP contribution in [0.1, 0.15) is 16.0 Å². The first-order chi connectivity index (χ1) is 9.85. The first kappa shape index (κ1) is 15.8. The fourth-order valence-electron chi connectivity index (χ4n) is 1.86. The molecule has 1 nitrogen and oxygen atoms in total. The zero-order chi connectivity index (χ0) is 15.7. The summed E-state index contributed by atoms with van der Waals surface area (Å²) < 4.78 is 72.7. The molecule has 1 unspecified atom stereocenters. The van der Waals surface area contributed by atoms with Crippen LogP contribution >= 0.6 is 15.9 Å². The Kier molecular flexibility index (Phi) is 4.51. The van der Waals surface area contributed by atoms with Gasteiger partial charge in [-0.25, -0.2) is 22.0 Å². The second kappa shape index (κ2) is 6.01. The van der Waals surface area contributed by atoms with E-state index in [2.05, 4.69) is 20.7 Å². The van der Waals surface area contributed by atoms with Gasteiger partial charge in [-0.15, -0.1) is 0 Å². The molecule has 1 atom stereocenters. The Balaban J connectivity index is 2.58. The van der Waals surface area contributed by atoms with Gasteiger partial charge in [0.1, 0.15) is 34.8 Å². The molecule has 0 saturated heterocycles. The molecule has 0 aliphatic heterocycles. The molecule has 0 aliphatic rings. The highest BCUT2D eigenvalue weighted by atomic mass is 79.9. The molecule has 0 radical (unpaired) electrons. The Hall–Kier alpha value is -1.63. The summed E-state index contributed by atoms with van der Waals surface area (Å²) in [6.07, 6.45) is 0. The number of halogens is 6. The molecule has 0 aliphatic carbocycles. The molecule has 0 fully saturated rings. The number of rotatable bonds is 3. The molecule has 0 heterocycles. The van der Waals surface area contributed by atoms with Crippen LogP contribution in [0.2, 0.25) is 0 Å². The minimum Gasteiger partial charge on any atom is -0.497 e. The molecular weight excluding hydrogens is 359 g/mol. The Bertz CT molecular complexity index is 643. The van der Waals surface area contributed by atoms with E-state index in [0.717, 1.165) is 12.1 Å². The fourth-order valence-corrected chi connectivity index (χ4v) is 2.74. The summed E-state index contributed by atoms with van der Waals surface area (Å²) in [7, 11) is 1.22. The van der Waals surface area contributed by atoms with Gasteiger partial charge in [-0.05, 0) is 0 Å². The Morgan fingerprint density at radius 3 is 1.57 bits per heavy atom. The third kappa shape index (κ3) is 3.02. The van der Waals surface area contributed by atoms with Crippen molar-refractivity contribution in [2.45, 2.75) is 4.83 Å². The van der Waals surface area contributed by atoms with E-state index in [9.17, 15) is 22.0 Å². The predicted molar refractivity (Wildman–Crippen MR) is 70.0 cm³/mol. The molecule has 2 rings (SSSR count). The molecule has 2 aromatic rings. The van der Waals surface area contributed by atoms with Gasteiger partial charge in [-0.1, -0.05) is 15.9 Å². The molecule has 21 heavy (non-hydrogen) atoms. The van der Waals surface area contributed by atoms with Gasteiger partial charge in [0, 0.05) is 35.4 Å². The van der Waals surface area contributed by atoms with Crippen LogP contribution in [0.4, 0.5) is 22.0 Å². The molecule has 2 aromatic carbocycles. The van der Waals surface area contributed by atoms with Gasteiger partial charge >= 0.3 is 0 Å². The SMILES string of the molecule is COc1cc(F)c(C(Br)c2c(F)cc(F)cc2F)c(F)c1. The van der Waals surface area contributed by atoms with Crippen molar-refractivity contribution in [2.24, 2.45) is 0 Å². The average molecular weight is 367 g/mol. The average Bonchev–Trinajstić information content (AvgIpc) is 2.36. The van der Waals surface area contributed by atoms with Crippen molar-refractivity contribution in [3.63, 3.8) is 0 Å². The number of hydrogen-bond acceptors (Lipinski definition) is 1. The monoisotopic (exact) mass is 366 g/mol. The third-order valence-electron chi connectivity index (χ3n) is 2.84. The smallest absolute Gasteiger partial charge is 0.134 e. The van der Waals surface area contributed by atoms with E-state index in [-0.39, 0.29) is 5.75 Å². The van der Waals surface area contributed by atoms with Crippen LogP contribution in [-0.4, -0.2) is 7.11 Å². The summed E-state index contributed by atoms with van der Waals surface area (Å²) in [6, 6.07) is 2.63. The second-order valence-corrected chi connectivity index (χ2v) is 5.07. The van der Waals surface area contributed by atoms with Crippen LogP contribution in [0, 0.1) is 29.1 Å². The van der Waals surface area contributed by atoms with E-state index >= 15 is 0 Å². The van der Waals surface area contributed by atoms with Gasteiger partial charge in [0.05, 0.1) is 11.9 Å². The highest BCUT2D eigenvalue weighted by Gasteiger charge is 2.26. The first-order valence-corrected chi connectivity index (χ1v) is 6.58.